The van der Waals surface area contributed by atoms with Crippen LogP contribution in [0.1, 0.15) is 59.8 Å². The van der Waals surface area contributed by atoms with Gasteiger partial charge in [0.05, 0.1) is 13.7 Å². The van der Waals surface area contributed by atoms with Gasteiger partial charge in [-0.1, -0.05) is 19.4 Å². The van der Waals surface area contributed by atoms with Gasteiger partial charge in [0, 0.05) is 38.9 Å². The SMILES string of the molecule is COC(=O)C1(C)C(OC(C)=O)CCC2(C)C3CCC(=CC(=O)N(C)CCO)C(C)C3C(=O)CC21. The molecule has 0 spiro atoms. The summed E-state index contributed by atoms with van der Waals surface area (Å²) in [6.07, 6.45) is 3.98. The van der Waals surface area contributed by atoms with Crippen molar-refractivity contribution in [1.29, 1.82) is 0 Å². The monoisotopic (exact) mass is 477 g/mol. The van der Waals surface area contributed by atoms with Gasteiger partial charge in [-0.15, -0.1) is 0 Å². The van der Waals surface area contributed by atoms with Gasteiger partial charge in [0.15, 0.2) is 0 Å². The summed E-state index contributed by atoms with van der Waals surface area (Å²) in [6.45, 7) is 7.48. The Hall–Kier alpha value is -2.22. The van der Waals surface area contributed by atoms with Crippen molar-refractivity contribution in [3.63, 3.8) is 0 Å². The van der Waals surface area contributed by atoms with Crippen LogP contribution in [-0.4, -0.2) is 67.0 Å². The number of carbonyl (C=O) groups excluding carboxylic acids is 4. The second-order valence-electron chi connectivity index (χ2n) is 10.8. The fraction of sp³-hybridized carbons (Fsp3) is 0.769. The van der Waals surface area contributed by atoms with Crippen molar-refractivity contribution >= 4 is 23.6 Å². The molecule has 190 valence electrons. The summed E-state index contributed by atoms with van der Waals surface area (Å²) in [7, 11) is 2.99. The smallest absolute Gasteiger partial charge is 0.315 e. The average molecular weight is 478 g/mol. The van der Waals surface area contributed by atoms with E-state index in [-0.39, 0.29) is 60.3 Å². The number of amides is 1. The number of likely N-dealkylation sites (N-methyl/N-ethyl adjacent to an activating group) is 1. The number of fused-ring (bicyclic) bond motifs is 3. The zero-order valence-electron chi connectivity index (χ0n) is 21.3. The van der Waals surface area contributed by atoms with Crippen molar-refractivity contribution < 1.29 is 33.8 Å². The number of rotatable bonds is 5. The first-order valence-corrected chi connectivity index (χ1v) is 12.3. The molecule has 3 saturated carbocycles. The molecule has 0 bridgehead atoms. The van der Waals surface area contributed by atoms with E-state index in [4.69, 9.17) is 14.6 Å². The molecule has 0 saturated heterocycles. The van der Waals surface area contributed by atoms with Gasteiger partial charge in [0.1, 0.15) is 17.3 Å². The number of hydrogen-bond donors (Lipinski definition) is 1. The molecule has 0 aromatic carbocycles. The molecule has 0 aromatic rings. The number of aliphatic hydroxyl groups is 1. The molecular weight excluding hydrogens is 438 g/mol. The summed E-state index contributed by atoms with van der Waals surface area (Å²) in [4.78, 5) is 52.6. The maximum Gasteiger partial charge on any atom is 0.315 e. The number of Topliss-reactive ketones (excluding diaryl/α,β-unsaturated/α-hetero) is 1. The minimum atomic E-state index is -1.10. The van der Waals surface area contributed by atoms with E-state index in [1.54, 1.807) is 20.0 Å². The van der Waals surface area contributed by atoms with Crippen LogP contribution in [-0.2, 0) is 28.7 Å². The first-order valence-electron chi connectivity index (χ1n) is 12.3. The van der Waals surface area contributed by atoms with Gasteiger partial charge < -0.3 is 19.5 Å². The number of allylic oxidation sites excluding steroid dienone is 1. The van der Waals surface area contributed by atoms with E-state index in [1.165, 1.54) is 18.9 Å². The highest BCUT2D eigenvalue weighted by Gasteiger charge is 2.66. The fourth-order valence-corrected chi connectivity index (χ4v) is 7.21. The highest BCUT2D eigenvalue weighted by atomic mass is 16.6. The maximum absolute atomic E-state index is 13.6. The lowest BCUT2D eigenvalue weighted by Crippen LogP contribution is -2.63. The summed E-state index contributed by atoms with van der Waals surface area (Å²) in [6, 6.07) is 0. The molecule has 0 heterocycles. The molecule has 3 fully saturated rings. The normalized spacial score (nSPS) is 38.5. The summed E-state index contributed by atoms with van der Waals surface area (Å²) in [5.41, 5.74) is -0.428. The first-order chi connectivity index (χ1) is 15.9. The predicted molar refractivity (Wildman–Crippen MR) is 124 cm³/mol. The van der Waals surface area contributed by atoms with Crippen LogP contribution in [0.4, 0.5) is 0 Å². The van der Waals surface area contributed by atoms with Gasteiger partial charge in [0.2, 0.25) is 5.91 Å². The van der Waals surface area contributed by atoms with Gasteiger partial charge in [0.25, 0.3) is 0 Å². The van der Waals surface area contributed by atoms with E-state index in [0.29, 0.717) is 12.8 Å². The standard InChI is InChI=1S/C26H39NO7/c1-15-17(13-22(31)27(5)11-12-28)7-8-18-23(15)19(30)14-20-25(18,3)10-9-21(34-16(2)29)26(20,4)24(32)33-6/h13,15,18,20-21,23,28H,7-12,14H2,1-6H3. The molecule has 8 heteroatoms. The molecule has 0 radical (unpaired) electrons. The second kappa shape index (κ2) is 9.80. The van der Waals surface area contributed by atoms with E-state index in [2.05, 4.69) is 6.92 Å². The van der Waals surface area contributed by atoms with Crippen molar-refractivity contribution in [1.82, 2.24) is 4.90 Å². The minimum Gasteiger partial charge on any atom is -0.468 e. The molecule has 7 atom stereocenters. The summed E-state index contributed by atoms with van der Waals surface area (Å²) >= 11 is 0. The lowest BCUT2D eigenvalue weighted by Gasteiger charge is -2.61. The van der Waals surface area contributed by atoms with Gasteiger partial charge in [-0.2, -0.15) is 0 Å². The quantitative estimate of drug-likeness (QED) is 0.478. The van der Waals surface area contributed by atoms with E-state index in [0.717, 1.165) is 18.4 Å². The molecule has 0 aliphatic heterocycles. The van der Waals surface area contributed by atoms with Crippen LogP contribution in [0, 0.1) is 34.5 Å². The molecule has 7 unspecified atom stereocenters. The Kier molecular flexibility index (Phi) is 7.60. The molecule has 0 aromatic heterocycles. The number of ether oxygens (including phenoxy) is 2. The molecular formula is C26H39NO7. The van der Waals surface area contributed by atoms with Crippen LogP contribution in [0.5, 0.6) is 0 Å². The largest absolute Gasteiger partial charge is 0.468 e. The topological polar surface area (TPSA) is 110 Å². The number of methoxy groups -OCH3 is 1. The Bertz CT molecular complexity index is 882. The van der Waals surface area contributed by atoms with Crippen LogP contribution in [0.15, 0.2) is 11.6 Å². The first kappa shape index (κ1) is 26.4. The van der Waals surface area contributed by atoms with Crippen molar-refractivity contribution in [2.45, 2.75) is 65.9 Å². The number of ketones is 1. The Labute approximate surface area is 202 Å². The van der Waals surface area contributed by atoms with Crippen LogP contribution < -0.4 is 0 Å². The van der Waals surface area contributed by atoms with E-state index in [1.807, 2.05) is 6.92 Å². The zero-order chi connectivity index (χ0) is 25.4. The third kappa shape index (κ3) is 4.30. The van der Waals surface area contributed by atoms with Crippen LogP contribution >= 0.6 is 0 Å². The lowest BCUT2D eigenvalue weighted by molar-refractivity contribution is -0.205. The zero-order valence-corrected chi connectivity index (χ0v) is 21.3. The molecule has 1 N–H and O–H groups in total. The van der Waals surface area contributed by atoms with Gasteiger partial charge in [-0.25, -0.2) is 0 Å². The number of nitrogens with zero attached hydrogens (tertiary/aromatic N) is 1. The molecule has 34 heavy (non-hydrogen) atoms. The van der Waals surface area contributed by atoms with Gasteiger partial charge in [-0.3, -0.25) is 19.2 Å². The Balaban J connectivity index is 1.95. The Morgan fingerprint density at radius 3 is 2.50 bits per heavy atom. The summed E-state index contributed by atoms with van der Waals surface area (Å²) < 4.78 is 10.8. The number of aliphatic hydroxyl groups excluding tert-OH is 1. The van der Waals surface area contributed by atoms with Crippen LogP contribution in [0.3, 0.4) is 0 Å². The number of hydrogen-bond acceptors (Lipinski definition) is 7. The molecule has 3 aliphatic rings. The van der Waals surface area contributed by atoms with E-state index >= 15 is 0 Å². The molecule has 3 rings (SSSR count). The van der Waals surface area contributed by atoms with Gasteiger partial charge >= 0.3 is 11.9 Å². The summed E-state index contributed by atoms with van der Waals surface area (Å²) in [5.74, 6) is -1.48. The van der Waals surface area contributed by atoms with Gasteiger partial charge in [-0.05, 0) is 55.8 Å². The third-order valence-electron chi connectivity index (χ3n) is 9.11. The van der Waals surface area contributed by atoms with Crippen LogP contribution in [0.2, 0.25) is 0 Å². The Morgan fingerprint density at radius 2 is 1.91 bits per heavy atom. The lowest BCUT2D eigenvalue weighted by atomic mass is 9.42. The van der Waals surface area contributed by atoms with Crippen LogP contribution in [0.25, 0.3) is 0 Å². The molecule has 8 nitrogen and oxygen atoms in total. The number of carbonyl (C=O) groups is 4. The second-order valence-corrected chi connectivity index (χ2v) is 10.8. The number of esters is 2. The van der Waals surface area contributed by atoms with E-state index < -0.39 is 23.5 Å². The fourth-order valence-electron chi connectivity index (χ4n) is 7.21. The summed E-state index contributed by atoms with van der Waals surface area (Å²) in [5, 5.41) is 9.12. The highest BCUT2D eigenvalue weighted by molar-refractivity contribution is 5.89. The third-order valence-corrected chi connectivity index (χ3v) is 9.11. The Morgan fingerprint density at radius 1 is 1.24 bits per heavy atom. The molecule has 3 aliphatic carbocycles. The highest BCUT2D eigenvalue weighted by Crippen LogP contribution is 2.64. The molecule has 1 amide bonds. The maximum atomic E-state index is 13.6. The predicted octanol–water partition coefficient (Wildman–Crippen LogP) is 2.53. The average Bonchev–Trinajstić information content (AvgIpc) is 2.78. The van der Waals surface area contributed by atoms with Crippen molar-refractivity contribution in [3.05, 3.63) is 11.6 Å². The minimum absolute atomic E-state index is 0.0680. The van der Waals surface area contributed by atoms with Crippen molar-refractivity contribution in [3.8, 4) is 0 Å². The van der Waals surface area contributed by atoms with E-state index in [9.17, 15) is 19.2 Å². The van der Waals surface area contributed by atoms with Crippen molar-refractivity contribution in [2.75, 3.05) is 27.3 Å². The van der Waals surface area contributed by atoms with Crippen molar-refractivity contribution in [2.24, 2.45) is 34.5 Å².